The van der Waals surface area contributed by atoms with Crippen molar-refractivity contribution in [1.82, 2.24) is 10.6 Å². The number of aliphatic carboxylic acids is 1. The highest BCUT2D eigenvalue weighted by Gasteiger charge is 2.19. The quantitative estimate of drug-likeness (QED) is 0.0272. The van der Waals surface area contributed by atoms with Gasteiger partial charge < -0.3 is 25.6 Å². The molecule has 9 heteroatoms. The number of rotatable bonds is 45. The van der Waals surface area contributed by atoms with Crippen LogP contribution in [-0.2, 0) is 23.9 Å². The first-order chi connectivity index (χ1) is 28.3. The third-order valence-electron chi connectivity index (χ3n) is 11.3. The summed E-state index contributed by atoms with van der Waals surface area (Å²) in [4.78, 5) is 47.7. The zero-order valence-electron chi connectivity index (χ0n) is 37.8. The highest BCUT2D eigenvalue weighted by Crippen LogP contribution is 2.19. The number of carbonyl (C=O) groups is 4. The van der Waals surface area contributed by atoms with Crippen LogP contribution in [0.1, 0.15) is 251 Å². The molecule has 340 valence electrons. The van der Waals surface area contributed by atoms with E-state index in [4.69, 9.17) is 14.9 Å². The molecule has 0 aromatic rings. The van der Waals surface area contributed by atoms with Gasteiger partial charge in [0, 0.05) is 12.8 Å². The molecule has 0 radical (unpaired) electrons. The summed E-state index contributed by atoms with van der Waals surface area (Å²) in [5, 5.41) is 22.6. The normalized spacial score (nSPS) is 12.5. The molecule has 0 heterocycles. The van der Waals surface area contributed by atoms with E-state index in [9.17, 15) is 19.2 Å². The average Bonchev–Trinajstić information content (AvgIpc) is 3.21. The molecule has 58 heavy (non-hydrogen) atoms. The predicted octanol–water partition coefficient (Wildman–Crippen LogP) is 12.6. The molecule has 4 N–H and O–H groups in total. The molecule has 0 aliphatic heterocycles. The van der Waals surface area contributed by atoms with Crippen LogP contribution in [0.3, 0.4) is 0 Å². The summed E-state index contributed by atoms with van der Waals surface area (Å²) in [5.74, 6) is -2.29. The number of carboxylic acid groups (broad SMARTS) is 1. The Morgan fingerprint density at radius 2 is 0.897 bits per heavy atom. The number of carboxylic acids is 1. The first-order valence-corrected chi connectivity index (χ1v) is 24.6. The summed E-state index contributed by atoms with van der Waals surface area (Å²) in [6.45, 7) is 3.50. The van der Waals surface area contributed by atoms with Crippen LogP contribution in [0.4, 0.5) is 0 Å². The molecule has 0 aliphatic rings. The van der Waals surface area contributed by atoms with Crippen LogP contribution < -0.4 is 10.6 Å². The number of esters is 1. The second-order valence-electron chi connectivity index (χ2n) is 16.9. The molecular weight excluding hydrogens is 729 g/mol. The highest BCUT2D eigenvalue weighted by molar-refractivity contribution is 5.87. The Morgan fingerprint density at radius 3 is 1.36 bits per heavy atom. The Hall–Kier alpha value is -2.42. The van der Waals surface area contributed by atoms with Gasteiger partial charge in [0.2, 0.25) is 11.8 Å². The van der Waals surface area contributed by atoms with Crippen LogP contribution in [0.25, 0.3) is 0 Å². The SMILES string of the molecule is CCCCCCCC/C=C\CCCC(CCCCCCCC(=O)NCC(=O)NC(CO)C(=O)O)OC(=O)CCCCCCCCCCCCCCCCCCCCC. The monoisotopic (exact) mass is 821 g/mol. The van der Waals surface area contributed by atoms with Gasteiger partial charge in [0.25, 0.3) is 0 Å². The lowest BCUT2D eigenvalue weighted by Crippen LogP contribution is -2.47. The van der Waals surface area contributed by atoms with Crippen molar-refractivity contribution >= 4 is 23.8 Å². The van der Waals surface area contributed by atoms with Gasteiger partial charge in [-0.3, -0.25) is 14.4 Å². The number of aliphatic hydroxyl groups excluding tert-OH is 1. The van der Waals surface area contributed by atoms with Crippen LogP contribution in [-0.4, -0.2) is 59.3 Å². The van der Waals surface area contributed by atoms with Gasteiger partial charge in [-0.15, -0.1) is 0 Å². The summed E-state index contributed by atoms with van der Waals surface area (Å²) in [5.41, 5.74) is 0. The molecule has 0 spiro atoms. The van der Waals surface area contributed by atoms with Gasteiger partial charge in [-0.1, -0.05) is 193 Å². The van der Waals surface area contributed by atoms with Crippen molar-refractivity contribution in [3.05, 3.63) is 12.2 Å². The Balaban J connectivity index is 4.21. The highest BCUT2D eigenvalue weighted by atomic mass is 16.5. The fourth-order valence-electron chi connectivity index (χ4n) is 7.48. The molecule has 0 bridgehead atoms. The standard InChI is InChI=1S/C49H92N2O7/c1-3-5-7-9-11-13-15-16-17-18-19-20-21-22-24-26-28-33-37-41-48(55)58-44(38-34-30-27-25-23-14-12-10-8-6-4-2)39-35-31-29-32-36-40-46(53)50-42-47(54)51-45(43-52)49(56)57/h25,27,44-45,52H,3-24,26,28-43H2,1-2H3,(H,50,53)(H,51,54)(H,56,57)/b27-25-. The lowest BCUT2D eigenvalue weighted by molar-refractivity contribution is -0.150. The number of hydrogen-bond donors (Lipinski definition) is 4. The van der Waals surface area contributed by atoms with Gasteiger partial charge in [0.15, 0.2) is 0 Å². The summed E-state index contributed by atoms with van der Waals surface area (Å²) in [6.07, 6.45) is 48.2. The maximum absolute atomic E-state index is 12.8. The number of unbranched alkanes of at least 4 members (excludes halogenated alkanes) is 29. The Kier molecular flexibility index (Phi) is 42.3. The molecule has 0 saturated heterocycles. The fourth-order valence-corrected chi connectivity index (χ4v) is 7.48. The van der Waals surface area contributed by atoms with Crippen molar-refractivity contribution in [3.63, 3.8) is 0 Å². The molecular formula is C49H92N2O7. The van der Waals surface area contributed by atoms with Gasteiger partial charge in [-0.05, 0) is 57.8 Å². The summed E-state index contributed by atoms with van der Waals surface area (Å²) < 4.78 is 6.03. The number of ether oxygens (including phenoxy) is 1. The number of aliphatic hydroxyl groups is 1. The number of hydrogen-bond acceptors (Lipinski definition) is 6. The number of amides is 2. The first-order valence-electron chi connectivity index (χ1n) is 24.6. The van der Waals surface area contributed by atoms with Crippen molar-refractivity contribution in [2.45, 2.75) is 264 Å². The van der Waals surface area contributed by atoms with Crippen LogP contribution >= 0.6 is 0 Å². The molecule has 2 unspecified atom stereocenters. The van der Waals surface area contributed by atoms with Crippen molar-refractivity contribution in [2.75, 3.05) is 13.2 Å². The average molecular weight is 821 g/mol. The van der Waals surface area contributed by atoms with E-state index in [-0.39, 0.29) is 24.5 Å². The van der Waals surface area contributed by atoms with Crippen molar-refractivity contribution in [3.8, 4) is 0 Å². The molecule has 9 nitrogen and oxygen atoms in total. The third-order valence-corrected chi connectivity index (χ3v) is 11.3. The van der Waals surface area contributed by atoms with E-state index in [1.54, 1.807) is 0 Å². The molecule has 2 amide bonds. The minimum Gasteiger partial charge on any atom is -0.480 e. The Bertz CT molecular complexity index is 988. The molecule has 0 aromatic carbocycles. The minimum absolute atomic E-state index is 0.0386. The van der Waals surface area contributed by atoms with Gasteiger partial charge in [0.05, 0.1) is 13.2 Å². The molecule has 2 atom stereocenters. The van der Waals surface area contributed by atoms with Gasteiger partial charge in [-0.2, -0.15) is 0 Å². The van der Waals surface area contributed by atoms with Crippen LogP contribution in [0.5, 0.6) is 0 Å². The van der Waals surface area contributed by atoms with E-state index in [2.05, 4.69) is 36.6 Å². The van der Waals surface area contributed by atoms with Gasteiger partial charge >= 0.3 is 11.9 Å². The maximum Gasteiger partial charge on any atom is 0.328 e. The minimum atomic E-state index is -1.38. The van der Waals surface area contributed by atoms with E-state index in [1.165, 1.54) is 148 Å². The number of carbonyl (C=O) groups excluding carboxylic acids is 3. The van der Waals surface area contributed by atoms with E-state index in [1.807, 2.05) is 0 Å². The summed E-state index contributed by atoms with van der Waals surface area (Å²) in [7, 11) is 0. The van der Waals surface area contributed by atoms with Crippen molar-refractivity contribution < 1.29 is 34.1 Å². The van der Waals surface area contributed by atoms with Crippen LogP contribution in [0.2, 0.25) is 0 Å². The van der Waals surface area contributed by atoms with E-state index >= 15 is 0 Å². The second kappa shape index (κ2) is 44.1. The van der Waals surface area contributed by atoms with Crippen molar-refractivity contribution in [2.24, 2.45) is 0 Å². The van der Waals surface area contributed by atoms with E-state index in [0.717, 1.165) is 70.6 Å². The zero-order valence-corrected chi connectivity index (χ0v) is 37.8. The van der Waals surface area contributed by atoms with Gasteiger partial charge in [-0.25, -0.2) is 4.79 Å². The topological polar surface area (TPSA) is 142 Å². The van der Waals surface area contributed by atoms with Crippen LogP contribution in [0, 0.1) is 0 Å². The Morgan fingerprint density at radius 1 is 0.500 bits per heavy atom. The van der Waals surface area contributed by atoms with Gasteiger partial charge in [0.1, 0.15) is 12.1 Å². The predicted molar refractivity (Wildman–Crippen MR) is 241 cm³/mol. The van der Waals surface area contributed by atoms with E-state index in [0.29, 0.717) is 19.3 Å². The zero-order chi connectivity index (χ0) is 42.6. The Labute approximate surface area is 356 Å². The smallest absolute Gasteiger partial charge is 0.328 e. The second-order valence-corrected chi connectivity index (χ2v) is 16.9. The summed E-state index contributed by atoms with van der Waals surface area (Å²) >= 11 is 0. The lowest BCUT2D eigenvalue weighted by Gasteiger charge is -2.18. The first kappa shape index (κ1) is 55.6. The molecule has 0 fully saturated rings. The van der Waals surface area contributed by atoms with Crippen LogP contribution in [0.15, 0.2) is 12.2 Å². The molecule has 0 aliphatic carbocycles. The maximum atomic E-state index is 12.8. The lowest BCUT2D eigenvalue weighted by atomic mass is 10.0. The fraction of sp³-hybridized carbons (Fsp3) is 0.878. The number of nitrogens with one attached hydrogen (secondary N) is 2. The number of allylic oxidation sites excluding steroid dienone is 2. The molecule has 0 rings (SSSR count). The van der Waals surface area contributed by atoms with Crippen molar-refractivity contribution in [1.29, 1.82) is 0 Å². The molecule has 0 aromatic heterocycles. The molecule has 0 saturated carbocycles. The summed E-state index contributed by atoms with van der Waals surface area (Å²) in [6, 6.07) is -1.38. The largest absolute Gasteiger partial charge is 0.480 e. The van der Waals surface area contributed by atoms with E-state index < -0.39 is 24.5 Å². The third kappa shape index (κ3) is 40.4.